The van der Waals surface area contributed by atoms with Crippen molar-refractivity contribution in [3.63, 3.8) is 0 Å². The second-order valence-electron chi connectivity index (χ2n) is 8.55. The first kappa shape index (κ1) is 31.5. The van der Waals surface area contributed by atoms with Gasteiger partial charge in [0.15, 0.2) is 0 Å². The number of carbonyl (C=O) groups is 3. The molecule has 0 bridgehead atoms. The third-order valence-electron chi connectivity index (χ3n) is 5.36. The van der Waals surface area contributed by atoms with Gasteiger partial charge in [0.2, 0.25) is 5.91 Å². The van der Waals surface area contributed by atoms with Crippen LogP contribution in [0.25, 0.3) is 0 Å². The van der Waals surface area contributed by atoms with Crippen LogP contribution >= 0.6 is 11.8 Å². The Labute approximate surface area is 217 Å². The smallest absolute Gasteiger partial charge is 0.322 e. The summed E-state index contributed by atoms with van der Waals surface area (Å²) < 4.78 is 5.77. The van der Waals surface area contributed by atoms with Gasteiger partial charge in [-0.25, -0.2) is 0 Å². The highest BCUT2D eigenvalue weighted by Crippen LogP contribution is 2.22. The number of rotatable bonds is 20. The Bertz CT molecular complexity index is 817. The highest BCUT2D eigenvalue weighted by Gasteiger charge is 2.21. The Morgan fingerprint density at radius 1 is 1.08 bits per heavy atom. The lowest BCUT2D eigenvalue weighted by atomic mass is 10.1. The summed E-state index contributed by atoms with van der Waals surface area (Å²) >= 11 is 1.27. The van der Waals surface area contributed by atoms with Crippen LogP contribution in [0.2, 0.25) is 0 Å². The molecule has 9 nitrogen and oxygen atoms in total. The van der Waals surface area contributed by atoms with Gasteiger partial charge >= 0.3 is 11.9 Å². The van der Waals surface area contributed by atoms with Crippen molar-refractivity contribution in [3.8, 4) is 5.75 Å². The number of aliphatic hydroxyl groups excluding tert-OH is 1. The molecule has 0 heterocycles. The first-order valence-corrected chi connectivity index (χ1v) is 13.4. The number of carboxylic acids is 2. The van der Waals surface area contributed by atoms with E-state index >= 15 is 0 Å². The molecule has 0 aliphatic carbocycles. The van der Waals surface area contributed by atoms with E-state index in [0.29, 0.717) is 25.9 Å². The van der Waals surface area contributed by atoms with E-state index in [-0.39, 0.29) is 12.2 Å². The van der Waals surface area contributed by atoms with Crippen LogP contribution < -0.4 is 15.8 Å². The molecule has 3 atom stereocenters. The van der Waals surface area contributed by atoms with E-state index in [1.807, 2.05) is 36.4 Å². The molecule has 0 spiro atoms. The number of aliphatic hydroxyl groups is 1. The monoisotopic (exact) mass is 524 g/mol. The second-order valence-corrected chi connectivity index (χ2v) is 9.77. The molecule has 10 heteroatoms. The van der Waals surface area contributed by atoms with Crippen LogP contribution in [-0.4, -0.2) is 69.5 Å². The average Bonchev–Trinajstić information content (AvgIpc) is 2.84. The van der Waals surface area contributed by atoms with E-state index in [2.05, 4.69) is 12.2 Å². The van der Waals surface area contributed by atoms with E-state index in [1.165, 1.54) is 31.0 Å². The fourth-order valence-electron chi connectivity index (χ4n) is 3.28. The van der Waals surface area contributed by atoms with E-state index in [4.69, 9.17) is 20.7 Å². The van der Waals surface area contributed by atoms with E-state index in [0.717, 1.165) is 17.7 Å². The molecule has 202 valence electrons. The van der Waals surface area contributed by atoms with Gasteiger partial charge in [-0.2, -0.15) is 0 Å². The van der Waals surface area contributed by atoms with Crippen LogP contribution in [-0.2, 0) is 20.8 Å². The van der Waals surface area contributed by atoms with Gasteiger partial charge in [0.25, 0.3) is 0 Å². The lowest BCUT2D eigenvalue weighted by molar-refractivity contribution is -0.138. The van der Waals surface area contributed by atoms with Crippen molar-refractivity contribution >= 4 is 29.6 Å². The topological polar surface area (TPSA) is 159 Å². The molecule has 36 heavy (non-hydrogen) atoms. The van der Waals surface area contributed by atoms with Crippen molar-refractivity contribution in [1.82, 2.24) is 5.32 Å². The van der Waals surface area contributed by atoms with Crippen LogP contribution in [0.5, 0.6) is 5.75 Å². The van der Waals surface area contributed by atoms with Gasteiger partial charge in [-0.15, -0.1) is 11.8 Å². The maximum Gasteiger partial charge on any atom is 0.322 e. The first-order chi connectivity index (χ1) is 17.2. The van der Waals surface area contributed by atoms with Gasteiger partial charge in [-0.1, -0.05) is 50.5 Å². The van der Waals surface area contributed by atoms with Gasteiger partial charge in [-0.3, -0.25) is 14.4 Å². The number of thioether (sulfide) groups is 1. The van der Waals surface area contributed by atoms with Crippen LogP contribution in [0.3, 0.4) is 0 Å². The lowest BCUT2D eigenvalue weighted by Gasteiger charge is -2.21. The minimum Gasteiger partial charge on any atom is -0.494 e. The molecule has 0 aliphatic heterocycles. The average molecular weight is 525 g/mol. The zero-order chi connectivity index (χ0) is 26.8. The quantitative estimate of drug-likeness (QED) is 0.128. The normalized spacial score (nSPS) is 13.8. The molecule has 0 saturated heterocycles. The number of hydrogen-bond donors (Lipinski definition) is 5. The third-order valence-corrected chi connectivity index (χ3v) is 6.77. The standard InChI is InChI=1S/C26H40N2O7S/c1-2-3-4-5-16-35-20-14-12-19(13-15-20)8-6-10-23(22(29)9-7-11-24(30)31)36-18-21(27)26(34)28-17-25(32)33/h6,10,12-15,21-23,29H,2-5,7-9,11,16-18,27H2,1H3,(H,28,34)(H,30,31)(H,32,33)/b10-6+/t21-,22+,23-/m0/s1. The molecular formula is C26H40N2O7S. The molecule has 0 fully saturated rings. The fraction of sp³-hybridized carbons (Fsp3) is 0.577. The molecule has 6 N–H and O–H groups in total. The minimum atomic E-state index is -1.16. The first-order valence-electron chi connectivity index (χ1n) is 12.4. The summed E-state index contributed by atoms with van der Waals surface area (Å²) in [6, 6.07) is 6.90. The molecule has 0 aliphatic rings. The van der Waals surface area contributed by atoms with Crippen LogP contribution in [0.4, 0.5) is 0 Å². The molecule has 1 amide bonds. The number of nitrogens with two attached hydrogens (primary N) is 1. The molecule has 0 unspecified atom stereocenters. The van der Waals surface area contributed by atoms with Crippen LogP contribution in [0.15, 0.2) is 36.4 Å². The zero-order valence-corrected chi connectivity index (χ0v) is 21.8. The maximum absolute atomic E-state index is 11.9. The van der Waals surface area contributed by atoms with Crippen molar-refractivity contribution in [1.29, 1.82) is 0 Å². The second kappa shape index (κ2) is 18.7. The predicted molar refractivity (Wildman–Crippen MR) is 141 cm³/mol. The number of allylic oxidation sites excluding steroid dienone is 1. The molecule has 0 aromatic heterocycles. The number of carboxylic acid groups (broad SMARTS) is 2. The number of hydrogen-bond acceptors (Lipinski definition) is 7. The maximum atomic E-state index is 11.9. The zero-order valence-electron chi connectivity index (χ0n) is 20.9. The molecule has 1 aromatic rings. The summed E-state index contributed by atoms with van der Waals surface area (Å²) in [6.07, 6.45) is 8.76. The summed E-state index contributed by atoms with van der Waals surface area (Å²) in [6.45, 7) is 2.36. The highest BCUT2D eigenvalue weighted by molar-refractivity contribution is 8.00. The van der Waals surface area contributed by atoms with Crippen molar-refractivity contribution < 1.29 is 34.4 Å². The summed E-state index contributed by atoms with van der Waals surface area (Å²) in [7, 11) is 0. The highest BCUT2D eigenvalue weighted by atomic mass is 32.2. The summed E-state index contributed by atoms with van der Waals surface area (Å²) in [5, 5.41) is 30.0. The summed E-state index contributed by atoms with van der Waals surface area (Å²) in [4.78, 5) is 33.4. The Hall–Kier alpha value is -2.56. The van der Waals surface area contributed by atoms with E-state index in [9.17, 15) is 19.5 Å². The Morgan fingerprint density at radius 3 is 2.44 bits per heavy atom. The van der Waals surface area contributed by atoms with Gasteiger partial charge in [-0.05, 0) is 43.4 Å². The predicted octanol–water partition coefficient (Wildman–Crippen LogP) is 2.99. The van der Waals surface area contributed by atoms with Crippen LogP contribution in [0.1, 0.15) is 57.4 Å². The lowest BCUT2D eigenvalue weighted by Crippen LogP contribution is -2.44. The number of carbonyl (C=O) groups excluding carboxylic acids is 1. The number of ether oxygens (including phenoxy) is 1. The van der Waals surface area contributed by atoms with E-state index < -0.39 is 41.8 Å². The third kappa shape index (κ3) is 14.8. The van der Waals surface area contributed by atoms with Gasteiger partial charge in [0, 0.05) is 17.4 Å². The van der Waals surface area contributed by atoms with Crippen LogP contribution in [0, 0.1) is 0 Å². The van der Waals surface area contributed by atoms with Gasteiger partial charge in [0.05, 0.1) is 18.8 Å². The molecular weight excluding hydrogens is 484 g/mol. The molecule has 0 saturated carbocycles. The Kier molecular flexibility index (Phi) is 16.3. The number of amides is 1. The fourth-order valence-corrected chi connectivity index (χ4v) is 4.45. The molecule has 1 rings (SSSR count). The van der Waals surface area contributed by atoms with Gasteiger partial charge in [0.1, 0.15) is 12.3 Å². The van der Waals surface area contributed by atoms with Crippen molar-refractivity contribution in [2.24, 2.45) is 5.73 Å². The van der Waals surface area contributed by atoms with Gasteiger partial charge < -0.3 is 31.1 Å². The molecule has 1 aromatic carbocycles. The number of aliphatic carboxylic acids is 2. The number of nitrogens with one attached hydrogen (secondary N) is 1. The SMILES string of the molecule is CCCCCCOc1ccc(C/C=C/[C@H](SC[C@H](N)C(=O)NCC(=O)O)[C@H](O)CCCC(=O)O)cc1. The Morgan fingerprint density at radius 2 is 1.81 bits per heavy atom. The number of benzene rings is 1. The van der Waals surface area contributed by atoms with E-state index in [1.54, 1.807) is 0 Å². The Balaban J connectivity index is 2.64. The minimum absolute atomic E-state index is 0.0394. The summed E-state index contributed by atoms with van der Waals surface area (Å²) in [5.41, 5.74) is 6.93. The molecule has 0 radical (unpaired) electrons. The largest absolute Gasteiger partial charge is 0.494 e. The van der Waals surface area contributed by atoms with Crippen molar-refractivity contribution in [3.05, 3.63) is 42.0 Å². The summed E-state index contributed by atoms with van der Waals surface area (Å²) in [5.74, 6) is -1.67. The van der Waals surface area contributed by atoms with Crippen molar-refractivity contribution in [2.75, 3.05) is 18.9 Å². The number of unbranched alkanes of at least 4 members (excludes halogenated alkanes) is 3. The van der Waals surface area contributed by atoms with Crippen molar-refractivity contribution in [2.45, 2.75) is 75.7 Å².